The van der Waals surface area contributed by atoms with Gasteiger partial charge in [0.15, 0.2) is 0 Å². The SMILES string of the molecule is CC(CCC1(C)CC(C)(C)OB(C(C)(C)C)O1)B1O[C@H]2CCC[C@H]2O1. The predicted octanol–water partition coefficient (Wildman–Crippen LogP) is 4.88. The summed E-state index contributed by atoms with van der Waals surface area (Å²) in [6, 6.07) is 0. The molecule has 25 heavy (non-hydrogen) atoms. The second kappa shape index (κ2) is 6.85. The molecular weight excluding hydrogens is 314 g/mol. The maximum Gasteiger partial charge on any atom is 0.463 e. The lowest BCUT2D eigenvalue weighted by atomic mass is 9.58. The first-order chi connectivity index (χ1) is 11.5. The van der Waals surface area contributed by atoms with Gasteiger partial charge in [-0.25, -0.2) is 0 Å². The normalized spacial score (nSPS) is 36.6. The molecule has 0 amide bonds. The Morgan fingerprint density at radius 1 is 1.04 bits per heavy atom. The van der Waals surface area contributed by atoms with Crippen LogP contribution in [0, 0.1) is 0 Å². The van der Waals surface area contributed by atoms with Crippen LogP contribution in [0.3, 0.4) is 0 Å². The first-order valence-corrected chi connectivity index (χ1v) is 10.1. The molecule has 0 aromatic heterocycles. The van der Waals surface area contributed by atoms with E-state index in [4.69, 9.17) is 18.6 Å². The zero-order valence-electron chi connectivity index (χ0n) is 17.3. The van der Waals surface area contributed by atoms with Crippen LogP contribution in [0.4, 0.5) is 0 Å². The minimum Gasteiger partial charge on any atom is -0.406 e. The minimum atomic E-state index is -0.171. The molecule has 1 saturated carbocycles. The van der Waals surface area contributed by atoms with E-state index in [-0.39, 0.29) is 30.8 Å². The summed E-state index contributed by atoms with van der Waals surface area (Å²) in [5.74, 6) is 0.394. The summed E-state index contributed by atoms with van der Waals surface area (Å²) in [7, 11) is -0.208. The van der Waals surface area contributed by atoms with E-state index in [0.717, 1.165) is 32.1 Å². The van der Waals surface area contributed by atoms with Gasteiger partial charge in [0.25, 0.3) is 0 Å². The Morgan fingerprint density at radius 3 is 2.20 bits per heavy atom. The van der Waals surface area contributed by atoms with Gasteiger partial charge in [0.2, 0.25) is 0 Å². The van der Waals surface area contributed by atoms with Gasteiger partial charge in [0.1, 0.15) is 0 Å². The molecule has 0 bridgehead atoms. The summed E-state index contributed by atoms with van der Waals surface area (Å²) >= 11 is 0. The van der Waals surface area contributed by atoms with Crippen molar-refractivity contribution in [2.45, 2.75) is 122 Å². The molecule has 0 aromatic carbocycles. The average molecular weight is 350 g/mol. The molecule has 2 aliphatic heterocycles. The first kappa shape index (κ1) is 19.7. The van der Waals surface area contributed by atoms with E-state index in [0.29, 0.717) is 18.0 Å². The Balaban J connectivity index is 1.57. The number of hydrogen-bond acceptors (Lipinski definition) is 4. The van der Waals surface area contributed by atoms with E-state index in [1.54, 1.807) is 0 Å². The van der Waals surface area contributed by atoms with Gasteiger partial charge in [-0.1, -0.05) is 27.7 Å². The molecule has 4 atom stereocenters. The van der Waals surface area contributed by atoms with Crippen LogP contribution in [0.25, 0.3) is 0 Å². The van der Waals surface area contributed by atoms with E-state index in [1.165, 1.54) is 6.42 Å². The van der Waals surface area contributed by atoms with Gasteiger partial charge in [-0.15, -0.1) is 0 Å². The van der Waals surface area contributed by atoms with Crippen molar-refractivity contribution in [3.63, 3.8) is 0 Å². The molecule has 2 heterocycles. The molecule has 6 heteroatoms. The number of hydrogen-bond donors (Lipinski definition) is 0. The second-order valence-electron chi connectivity index (χ2n) is 10.5. The molecule has 2 saturated heterocycles. The van der Waals surface area contributed by atoms with Crippen molar-refractivity contribution in [2.75, 3.05) is 0 Å². The molecule has 0 aromatic rings. The highest BCUT2D eigenvalue weighted by Gasteiger charge is 2.50. The van der Waals surface area contributed by atoms with Crippen molar-refractivity contribution in [2.24, 2.45) is 0 Å². The van der Waals surface area contributed by atoms with Gasteiger partial charge in [0, 0.05) is 6.42 Å². The lowest BCUT2D eigenvalue weighted by Gasteiger charge is -2.49. The Morgan fingerprint density at radius 2 is 1.64 bits per heavy atom. The lowest BCUT2D eigenvalue weighted by Crippen LogP contribution is -2.55. The zero-order chi connectivity index (χ0) is 18.5. The molecule has 2 unspecified atom stereocenters. The number of rotatable bonds is 4. The van der Waals surface area contributed by atoms with Crippen LogP contribution in [0.1, 0.15) is 87.0 Å². The van der Waals surface area contributed by atoms with Crippen molar-refractivity contribution < 1.29 is 18.6 Å². The van der Waals surface area contributed by atoms with Crippen molar-refractivity contribution >= 4 is 14.2 Å². The van der Waals surface area contributed by atoms with Crippen LogP contribution >= 0.6 is 0 Å². The third-order valence-corrected chi connectivity index (χ3v) is 5.93. The molecule has 3 rings (SSSR count). The van der Waals surface area contributed by atoms with Crippen LogP contribution in [-0.4, -0.2) is 37.6 Å². The summed E-state index contributed by atoms with van der Waals surface area (Å²) < 4.78 is 25.0. The van der Waals surface area contributed by atoms with Crippen LogP contribution in [0.15, 0.2) is 0 Å². The van der Waals surface area contributed by atoms with Crippen LogP contribution in [-0.2, 0) is 18.6 Å². The average Bonchev–Trinajstić information content (AvgIpc) is 3.02. The van der Waals surface area contributed by atoms with Gasteiger partial charge < -0.3 is 18.6 Å². The smallest absolute Gasteiger partial charge is 0.406 e. The fourth-order valence-electron chi connectivity index (χ4n) is 4.57. The van der Waals surface area contributed by atoms with Crippen LogP contribution in [0.2, 0.25) is 11.1 Å². The topological polar surface area (TPSA) is 36.9 Å². The molecule has 1 aliphatic carbocycles. The quantitative estimate of drug-likeness (QED) is 0.678. The fourth-order valence-corrected chi connectivity index (χ4v) is 4.57. The van der Waals surface area contributed by atoms with Gasteiger partial charge in [-0.3, -0.25) is 0 Å². The van der Waals surface area contributed by atoms with E-state index in [9.17, 15) is 0 Å². The van der Waals surface area contributed by atoms with E-state index < -0.39 is 0 Å². The lowest BCUT2D eigenvalue weighted by molar-refractivity contribution is -0.0963. The maximum atomic E-state index is 6.46. The van der Waals surface area contributed by atoms with Crippen LogP contribution < -0.4 is 0 Å². The highest BCUT2D eigenvalue weighted by Crippen LogP contribution is 2.44. The van der Waals surface area contributed by atoms with E-state index in [1.807, 2.05) is 0 Å². The highest BCUT2D eigenvalue weighted by atomic mass is 16.7. The molecule has 0 spiro atoms. The van der Waals surface area contributed by atoms with Gasteiger partial charge in [-0.05, 0) is 64.0 Å². The zero-order valence-corrected chi connectivity index (χ0v) is 17.3. The fraction of sp³-hybridized carbons (Fsp3) is 1.00. The molecule has 142 valence electrons. The summed E-state index contributed by atoms with van der Waals surface area (Å²) in [5.41, 5.74) is -0.325. The molecule has 4 nitrogen and oxygen atoms in total. The molecule has 3 fully saturated rings. The largest absolute Gasteiger partial charge is 0.463 e. The summed E-state index contributed by atoms with van der Waals surface area (Å²) in [4.78, 5) is 0. The highest BCUT2D eigenvalue weighted by molar-refractivity contribution is 6.48. The minimum absolute atomic E-state index is 0.0281. The van der Waals surface area contributed by atoms with Gasteiger partial charge >= 0.3 is 14.2 Å². The second-order valence-corrected chi connectivity index (χ2v) is 10.5. The predicted molar refractivity (Wildman–Crippen MR) is 103 cm³/mol. The maximum absolute atomic E-state index is 6.46. The Kier molecular flexibility index (Phi) is 5.40. The number of fused-ring (bicyclic) bond motifs is 1. The molecule has 0 N–H and O–H groups in total. The Labute approximate surface area is 155 Å². The van der Waals surface area contributed by atoms with Gasteiger partial charge in [0.05, 0.1) is 23.4 Å². The third kappa shape index (κ3) is 4.63. The molecular formula is C19H36B2O4. The standard InChI is InChI=1S/C19H36B2O4/c1-14(20-22-15-9-8-10-16(15)23-20)11-12-19(7)13-18(5,6)24-21(25-19)17(2,3)4/h14-16H,8-13H2,1-7H3/t14?,15-,16+,19?. The summed E-state index contributed by atoms with van der Waals surface area (Å²) in [6.45, 7) is 15.4. The van der Waals surface area contributed by atoms with Crippen molar-refractivity contribution in [1.82, 2.24) is 0 Å². The Bertz CT molecular complexity index is 467. The summed E-state index contributed by atoms with van der Waals surface area (Å²) in [5, 5.41) is -0.0281. The van der Waals surface area contributed by atoms with E-state index >= 15 is 0 Å². The monoisotopic (exact) mass is 350 g/mol. The van der Waals surface area contributed by atoms with Crippen molar-refractivity contribution in [3.05, 3.63) is 0 Å². The third-order valence-electron chi connectivity index (χ3n) is 5.93. The molecule has 3 aliphatic rings. The van der Waals surface area contributed by atoms with Crippen molar-refractivity contribution in [1.29, 1.82) is 0 Å². The Hall–Kier alpha value is -0.0301. The molecule has 0 radical (unpaired) electrons. The van der Waals surface area contributed by atoms with Crippen molar-refractivity contribution in [3.8, 4) is 0 Å². The van der Waals surface area contributed by atoms with Crippen LogP contribution in [0.5, 0.6) is 0 Å². The van der Waals surface area contributed by atoms with Gasteiger partial charge in [-0.2, -0.15) is 0 Å². The van der Waals surface area contributed by atoms with E-state index in [2.05, 4.69) is 48.5 Å². The summed E-state index contributed by atoms with van der Waals surface area (Å²) in [6.07, 6.45) is 7.21. The first-order valence-electron chi connectivity index (χ1n) is 10.1.